The van der Waals surface area contributed by atoms with Gasteiger partial charge in [-0.3, -0.25) is 4.90 Å². The first kappa shape index (κ1) is 10.0. The van der Waals surface area contributed by atoms with Crippen LogP contribution in [-0.2, 0) is 6.54 Å². The number of hydrogen-bond donors (Lipinski definition) is 2. The van der Waals surface area contributed by atoms with E-state index in [1.165, 1.54) is 4.88 Å². The highest BCUT2D eigenvalue weighted by atomic mass is 32.1. The van der Waals surface area contributed by atoms with E-state index in [-0.39, 0.29) is 5.84 Å². The fourth-order valence-corrected chi connectivity index (χ4v) is 1.82. The first-order valence-electron chi connectivity index (χ1n) is 3.89. The Balaban J connectivity index is 2.38. The highest BCUT2D eigenvalue weighted by Gasteiger charge is 2.02. The standard InChI is InChI=1S/C8H13N3OS/c1-11(6-8(9)10-12)5-7-3-2-4-13-7/h2-4,12H,5-6H2,1H3,(H2,9,10). The van der Waals surface area contributed by atoms with E-state index < -0.39 is 0 Å². The van der Waals surface area contributed by atoms with E-state index in [1.807, 2.05) is 23.4 Å². The van der Waals surface area contributed by atoms with Crippen molar-refractivity contribution in [1.29, 1.82) is 0 Å². The van der Waals surface area contributed by atoms with Gasteiger partial charge in [0, 0.05) is 11.4 Å². The number of likely N-dealkylation sites (N-methyl/N-ethyl adjacent to an activating group) is 1. The lowest BCUT2D eigenvalue weighted by molar-refractivity contribution is 0.308. The van der Waals surface area contributed by atoms with E-state index in [0.29, 0.717) is 6.54 Å². The molecule has 5 heteroatoms. The second kappa shape index (κ2) is 4.84. The molecule has 0 fully saturated rings. The molecule has 0 spiro atoms. The minimum Gasteiger partial charge on any atom is -0.409 e. The summed E-state index contributed by atoms with van der Waals surface area (Å²) in [7, 11) is 1.93. The van der Waals surface area contributed by atoms with Gasteiger partial charge in [0.2, 0.25) is 0 Å². The van der Waals surface area contributed by atoms with Gasteiger partial charge in [0.05, 0.1) is 6.54 Å². The number of hydrogen-bond acceptors (Lipinski definition) is 4. The monoisotopic (exact) mass is 199 g/mol. The lowest BCUT2D eigenvalue weighted by Crippen LogP contribution is -2.30. The molecule has 1 aromatic heterocycles. The Kier molecular flexibility index (Phi) is 3.72. The molecule has 1 heterocycles. The van der Waals surface area contributed by atoms with Gasteiger partial charge >= 0.3 is 0 Å². The third kappa shape index (κ3) is 3.43. The highest BCUT2D eigenvalue weighted by Crippen LogP contribution is 2.10. The summed E-state index contributed by atoms with van der Waals surface area (Å²) in [5.74, 6) is 0.235. The average molecular weight is 199 g/mol. The van der Waals surface area contributed by atoms with Gasteiger partial charge in [-0.2, -0.15) is 0 Å². The van der Waals surface area contributed by atoms with E-state index >= 15 is 0 Å². The molecule has 0 saturated carbocycles. The fraction of sp³-hybridized carbons (Fsp3) is 0.375. The van der Waals surface area contributed by atoms with Crippen LogP contribution in [0, 0.1) is 0 Å². The fourth-order valence-electron chi connectivity index (χ4n) is 1.03. The quantitative estimate of drug-likeness (QED) is 0.328. The molecule has 4 nitrogen and oxygen atoms in total. The Hall–Kier alpha value is -1.07. The van der Waals surface area contributed by atoms with E-state index in [0.717, 1.165) is 6.54 Å². The van der Waals surface area contributed by atoms with Crippen LogP contribution in [0.5, 0.6) is 0 Å². The van der Waals surface area contributed by atoms with Gasteiger partial charge in [-0.15, -0.1) is 11.3 Å². The van der Waals surface area contributed by atoms with Crippen LogP contribution in [0.1, 0.15) is 4.88 Å². The SMILES string of the molecule is CN(C/C(N)=N/O)Cc1cccs1. The zero-order valence-electron chi connectivity index (χ0n) is 7.47. The molecule has 3 N–H and O–H groups in total. The first-order chi connectivity index (χ1) is 6.22. The van der Waals surface area contributed by atoms with Crippen molar-refractivity contribution in [3.63, 3.8) is 0 Å². The van der Waals surface area contributed by atoms with Crippen molar-refractivity contribution in [2.45, 2.75) is 6.54 Å². The molecule has 0 amide bonds. The predicted octanol–water partition coefficient (Wildman–Crippen LogP) is 0.926. The maximum atomic E-state index is 8.35. The van der Waals surface area contributed by atoms with Crippen LogP contribution < -0.4 is 5.73 Å². The molecule has 0 atom stereocenters. The Morgan fingerprint density at radius 1 is 1.77 bits per heavy atom. The maximum absolute atomic E-state index is 8.35. The number of nitrogens with zero attached hydrogens (tertiary/aromatic N) is 2. The number of oxime groups is 1. The van der Waals surface area contributed by atoms with Crippen LogP contribution >= 0.6 is 11.3 Å². The summed E-state index contributed by atoms with van der Waals surface area (Å²) in [6, 6.07) is 4.07. The third-order valence-corrected chi connectivity index (χ3v) is 2.43. The minimum atomic E-state index is 0.235. The van der Waals surface area contributed by atoms with Gasteiger partial charge in [-0.05, 0) is 18.5 Å². The van der Waals surface area contributed by atoms with Crippen molar-refractivity contribution < 1.29 is 5.21 Å². The molecule has 0 aliphatic rings. The van der Waals surface area contributed by atoms with Gasteiger partial charge in [0.15, 0.2) is 5.84 Å². The molecule has 13 heavy (non-hydrogen) atoms. The molecule has 0 aliphatic heterocycles. The third-order valence-electron chi connectivity index (χ3n) is 1.57. The Morgan fingerprint density at radius 2 is 2.54 bits per heavy atom. The first-order valence-corrected chi connectivity index (χ1v) is 4.77. The van der Waals surface area contributed by atoms with Crippen LogP contribution in [-0.4, -0.2) is 29.5 Å². The van der Waals surface area contributed by atoms with Gasteiger partial charge in [-0.25, -0.2) is 0 Å². The van der Waals surface area contributed by atoms with E-state index in [4.69, 9.17) is 10.9 Å². The lowest BCUT2D eigenvalue weighted by atomic mass is 10.4. The Bertz CT molecular complexity index is 271. The van der Waals surface area contributed by atoms with Crippen LogP contribution in [0.4, 0.5) is 0 Å². The van der Waals surface area contributed by atoms with Crippen molar-refractivity contribution in [3.05, 3.63) is 22.4 Å². The summed E-state index contributed by atoms with van der Waals surface area (Å²) < 4.78 is 0. The van der Waals surface area contributed by atoms with Crippen LogP contribution in [0.25, 0.3) is 0 Å². The van der Waals surface area contributed by atoms with Gasteiger partial charge in [-0.1, -0.05) is 11.2 Å². The van der Waals surface area contributed by atoms with Gasteiger partial charge in [0.1, 0.15) is 0 Å². The zero-order valence-corrected chi connectivity index (χ0v) is 8.29. The zero-order chi connectivity index (χ0) is 9.68. The summed E-state index contributed by atoms with van der Waals surface area (Å²) in [6.07, 6.45) is 0. The molecular weight excluding hydrogens is 186 g/mol. The van der Waals surface area contributed by atoms with Gasteiger partial charge in [0.25, 0.3) is 0 Å². The predicted molar refractivity (Wildman–Crippen MR) is 54.1 cm³/mol. The van der Waals surface area contributed by atoms with Crippen LogP contribution in [0.2, 0.25) is 0 Å². The number of nitrogens with two attached hydrogens (primary N) is 1. The second-order valence-electron chi connectivity index (χ2n) is 2.84. The van der Waals surface area contributed by atoms with E-state index in [1.54, 1.807) is 11.3 Å². The smallest absolute Gasteiger partial charge is 0.153 e. The lowest BCUT2D eigenvalue weighted by Gasteiger charge is -2.13. The molecule has 1 aromatic rings. The topological polar surface area (TPSA) is 61.8 Å². The summed E-state index contributed by atoms with van der Waals surface area (Å²) in [5.41, 5.74) is 5.36. The molecule has 0 unspecified atom stereocenters. The second-order valence-corrected chi connectivity index (χ2v) is 3.88. The molecule has 0 aromatic carbocycles. The number of thiophene rings is 1. The maximum Gasteiger partial charge on any atom is 0.153 e. The largest absolute Gasteiger partial charge is 0.409 e. The number of amidine groups is 1. The molecular formula is C8H13N3OS. The van der Waals surface area contributed by atoms with Gasteiger partial charge < -0.3 is 10.9 Å². The molecule has 0 saturated heterocycles. The average Bonchev–Trinajstić information content (AvgIpc) is 2.56. The molecule has 72 valence electrons. The van der Waals surface area contributed by atoms with Crippen LogP contribution in [0.3, 0.4) is 0 Å². The normalized spacial score (nSPS) is 12.3. The molecule has 1 rings (SSSR count). The Labute approximate surface area is 81.3 Å². The summed E-state index contributed by atoms with van der Waals surface area (Å²) in [5, 5.41) is 13.3. The van der Waals surface area contributed by atoms with Crippen LogP contribution in [0.15, 0.2) is 22.7 Å². The van der Waals surface area contributed by atoms with E-state index in [9.17, 15) is 0 Å². The minimum absolute atomic E-state index is 0.235. The van der Waals surface area contributed by atoms with Crippen molar-refractivity contribution in [1.82, 2.24) is 4.90 Å². The Morgan fingerprint density at radius 3 is 3.08 bits per heavy atom. The summed E-state index contributed by atoms with van der Waals surface area (Å²) in [4.78, 5) is 3.26. The van der Waals surface area contributed by atoms with Crippen molar-refractivity contribution in [2.75, 3.05) is 13.6 Å². The molecule has 0 radical (unpaired) electrons. The number of rotatable bonds is 4. The molecule has 0 aliphatic carbocycles. The summed E-state index contributed by atoms with van der Waals surface area (Å²) in [6.45, 7) is 1.31. The van der Waals surface area contributed by atoms with E-state index in [2.05, 4.69) is 11.2 Å². The summed E-state index contributed by atoms with van der Waals surface area (Å²) >= 11 is 1.70. The van der Waals surface area contributed by atoms with Crippen molar-refractivity contribution >= 4 is 17.2 Å². The van der Waals surface area contributed by atoms with Crippen molar-refractivity contribution in [2.24, 2.45) is 10.9 Å². The van der Waals surface area contributed by atoms with Crippen molar-refractivity contribution in [3.8, 4) is 0 Å². The highest BCUT2D eigenvalue weighted by molar-refractivity contribution is 7.09. The molecule has 0 bridgehead atoms.